The van der Waals surface area contributed by atoms with Gasteiger partial charge < -0.3 is 0 Å². The number of aromatic nitrogens is 3. The summed E-state index contributed by atoms with van der Waals surface area (Å²) in [6.07, 6.45) is 7.15. The summed E-state index contributed by atoms with van der Waals surface area (Å²) in [6.45, 7) is 8.21. The fourth-order valence-electron chi connectivity index (χ4n) is 1.77. The van der Waals surface area contributed by atoms with E-state index in [1.807, 2.05) is 30.8 Å². The molecule has 0 N–H and O–H groups in total. The molecule has 2 rings (SSSR count). The first kappa shape index (κ1) is 15.4. The highest BCUT2D eigenvalue weighted by atomic mass is 35.5. The van der Waals surface area contributed by atoms with Gasteiger partial charge in [0.2, 0.25) is 0 Å². The molecule has 0 unspecified atom stereocenters. The van der Waals surface area contributed by atoms with Gasteiger partial charge >= 0.3 is 0 Å². The normalized spacial score (nSPS) is 10.6. The van der Waals surface area contributed by atoms with Crippen molar-refractivity contribution in [1.29, 1.82) is 0 Å². The summed E-state index contributed by atoms with van der Waals surface area (Å²) in [7, 11) is 0. The predicted molar refractivity (Wildman–Crippen MR) is 86.3 cm³/mol. The maximum atomic E-state index is 6.30. The average molecular weight is 303 g/mol. The highest BCUT2D eigenvalue weighted by Crippen LogP contribution is 2.22. The van der Waals surface area contributed by atoms with E-state index >= 15 is 0 Å². The van der Waals surface area contributed by atoms with E-state index in [0.717, 1.165) is 16.8 Å². The number of hydrogen-bond donors (Lipinski definition) is 0. The highest BCUT2D eigenvalue weighted by molar-refractivity contribution is 6.26. The Labute approximate surface area is 130 Å². The zero-order chi connectivity index (χ0) is 15.4. The fourth-order valence-corrected chi connectivity index (χ4v) is 1.92. The lowest BCUT2D eigenvalue weighted by molar-refractivity contribution is 0.532. The molecule has 0 aromatic carbocycles. The molecule has 0 saturated carbocycles. The molecule has 21 heavy (non-hydrogen) atoms. The van der Waals surface area contributed by atoms with Gasteiger partial charge in [0.1, 0.15) is 0 Å². The molecule has 0 bridgehead atoms. The van der Waals surface area contributed by atoms with Gasteiger partial charge in [0, 0.05) is 42.5 Å². The van der Waals surface area contributed by atoms with Crippen molar-refractivity contribution in [1.82, 2.24) is 14.8 Å². The van der Waals surface area contributed by atoms with Crippen molar-refractivity contribution >= 4 is 17.5 Å². The van der Waals surface area contributed by atoms with E-state index in [2.05, 4.69) is 35.8 Å². The van der Waals surface area contributed by atoms with Gasteiger partial charge in [-0.05, 0) is 33.8 Å². The van der Waals surface area contributed by atoms with Crippen molar-refractivity contribution in [2.24, 2.45) is 0 Å². The average Bonchev–Trinajstić information content (AvgIpc) is 2.93. The summed E-state index contributed by atoms with van der Waals surface area (Å²) in [5, 5.41) is 4.28. The zero-order valence-electron chi connectivity index (χ0n) is 12.7. The van der Waals surface area contributed by atoms with E-state index in [0.29, 0.717) is 6.04 Å². The molecule has 110 valence electrons. The van der Waals surface area contributed by atoms with Crippen molar-refractivity contribution in [3.8, 4) is 11.8 Å². The molecule has 0 aliphatic carbocycles. The van der Waals surface area contributed by atoms with Crippen molar-refractivity contribution < 1.29 is 0 Å². The fraction of sp³-hybridized carbons (Fsp3) is 0.375. The molecule has 0 atom stereocenters. The lowest BCUT2D eigenvalue weighted by Gasteiger charge is -2.20. The number of anilines is 1. The van der Waals surface area contributed by atoms with E-state index in [-0.39, 0.29) is 6.04 Å². The van der Waals surface area contributed by atoms with Crippen LogP contribution in [0.5, 0.6) is 0 Å². The minimum atomic E-state index is 0.179. The van der Waals surface area contributed by atoms with Gasteiger partial charge in [-0.15, -0.1) is 0 Å². The van der Waals surface area contributed by atoms with Crippen LogP contribution in [0.2, 0.25) is 0 Å². The van der Waals surface area contributed by atoms with E-state index < -0.39 is 0 Å². The van der Waals surface area contributed by atoms with Gasteiger partial charge in [0.05, 0.1) is 23.0 Å². The maximum Gasteiger partial charge on any atom is 0.0713 e. The quantitative estimate of drug-likeness (QED) is 0.641. The number of hydrogen-bond acceptors (Lipinski definition) is 3. The third-order valence-corrected chi connectivity index (χ3v) is 3.53. The lowest BCUT2D eigenvalue weighted by Crippen LogP contribution is -2.20. The van der Waals surface area contributed by atoms with Crippen LogP contribution in [-0.2, 0) is 0 Å². The Morgan fingerprint density at radius 1 is 1.19 bits per heavy atom. The SMILES string of the molecule is CC(C)N(Cl)c1ccncc1C#Cc1cnn(C(C)C)c1. The molecule has 0 saturated heterocycles. The largest absolute Gasteiger partial charge is 0.281 e. The van der Waals surface area contributed by atoms with Crippen LogP contribution >= 0.6 is 11.8 Å². The van der Waals surface area contributed by atoms with Crippen LogP contribution in [0.15, 0.2) is 30.9 Å². The van der Waals surface area contributed by atoms with Gasteiger partial charge in [-0.3, -0.25) is 14.1 Å². The Morgan fingerprint density at radius 3 is 2.57 bits per heavy atom. The zero-order valence-corrected chi connectivity index (χ0v) is 13.5. The molecule has 0 spiro atoms. The van der Waals surface area contributed by atoms with Crippen LogP contribution in [-0.4, -0.2) is 20.8 Å². The second-order valence-corrected chi connectivity index (χ2v) is 5.71. The Balaban J connectivity index is 2.30. The van der Waals surface area contributed by atoms with Crippen LogP contribution in [0, 0.1) is 11.8 Å². The summed E-state index contributed by atoms with van der Waals surface area (Å²) in [6, 6.07) is 2.38. The molecular formula is C16H19ClN4. The van der Waals surface area contributed by atoms with Crippen molar-refractivity contribution in [2.45, 2.75) is 39.8 Å². The first-order chi connectivity index (χ1) is 9.99. The van der Waals surface area contributed by atoms with Crippen molar-refractivity contribution in [3.05, 3.63) is 42.0 Å². The van der Waals surface area contributed by atoms with E-state index in [9.17, 15) is 0 Å². The molecule has 4 nitrogen and oxygen atoms in total. The molecule has 2 heterocycles. The van der Waals surface area contributed by atoms with E-state index in [1.165, 1.54) is 0 Å². The molecule has 0 aliphatic heterocycles. The van der Waals surface area contributed by atoms with Crippen LogP contribution in [0.25, 0.3) is 0 Å². The summed E-state index contributed by atoms with van der Waals surface area (Å²) < 4.78 is 3.55. The number of nitrogens with zero attached hydrogens (tertiary/aromatic N) is 4. The highest BCUT2D eigenvalue weighted by Gasteiger charge is 2.11. The third kappa shape index (κ3) is 3.77. The smallest absolute Gasteiger partial charge is 0.0713 e. The van der Waals surface area contributed by atoms with Crippen LogP contribution in [0.3, 0.4) is 0 Å². The summed E-state index contributed by atoms with van der Waals surface area (Å²) in [5.74, 6) is 6.24. The van der Waals surface area contributed by atoms with Gasteiger partial charge in [0.25, 0.3) is 0 Å². The van der Waals surface area contributed by atoms with E-state index in [4.69, 9.17) is 11.8 Å². The van der Waals surface area contributed by atoms with Crippen molar-refractivity contribution in [2.75, 3.05) is 4.42 Å². The van der Waals surface area contributed by atoms with Crippen LogP contribution in [0.1, 0.15) is 44.9 Å². The number of halogens is 1. The summed E-state index contributed by atoms with van der Waals surface area (Å²) >= 11 is 6.30. The molecule has 0 fully saturated rings. The maximum absolute atomic E-state index is 6.30. The Morgan fingerprint density at radius 2 is 1.95 bits per heavy atom. The molecule has 0 radical (unpaired) electrons. The van der Waals surface area contributed by atoms with Gasteiger partial charge in [-0.1, -0.05) is 11.8 Å². The van der Waals surface area contributed by atoms with Gasteiger partial charge in [-0.25, -0.2) is 0 Å². The minimum absolute atomic E-state index is 0.179. The topological polar surface area (TPSA) is 34.0 Å². The third-order valence-electron chi connectivity index (χ3n) is 2.95. The Hall–Kier alpha value is -1.99. The second kappa shape index (κ2) is 6.64. The van der Waals surface area contributed by atoms with Crippen LogP contribution in [0.4, 0.5) is 5.69 Å². The molecule has 0 amide bonds. The first-order valence-corrected chi connectivity index (χ1v) is 7.28. The number of rotatable bonds is 3. The number of pyridine rings is 1. The van der Waals surface area contributed by atoms with Crippen LogP contribution < -0.4 is 4.42 Å². The van der Waals surface area contributed by atoms with Gasteiger partial charge in [0.15, 0.2) is 0 Å². The summed E-state index contributed by atoms with van der Waals surface area (Å²) in [4.78, 5) is 4.12. The van der Waals surface area contributed by atoms with Gasteiger partial charge in [-0.2, -0.15) is 5.10 Å². The second-order valence-electron chi connectivity index (χ2n) is 5.35. The predicted octanol–water partition coefficient (Wildman–Crippen LogP) is 3.63. The molecule has 0 aliphatic rings. The molecule has 2 aromatic heterocycles. The minimum Gasteiger partial charge on any atom is -0.281 e. The molecule has 2 aromatic rings. The first-order valence-electron chi connectivity index (χ1n) is 6.94. The summed E-state index contributed by atoms with van der Waals surface area (Å²) in [5.41, 5.74) is 2.55. The Kier molecular flexibility index (Phi) is 4.87. The standard InChI is InChI=1S/C16H19ClN4/c1-12(2)20-11-14(9-19-20)5-6-15-10-18-8-7-16(15)21(17)13(3)4/h7-13H,1-4H3. The molecular weight excluding hydrogens is 284 g/mol. The van der Waals surface area contributed by atoms with E-state index in [1.54, 1.807) is 23.0 Å². The van der Waals surface area contributed by atoms with Crippen molar-refractivity contribution in [3.63, 3.8) is 0 Å². The molecule has 5 heteroatoms. The lowest BCUT2D eigenvalue weighted by atomic mass is 10.2. The Bertz CT molecular complexity index is 664. The monoisotopic (exact) mass is 302 g/mol.